The van der Waals surface area contributed by atoms with Gasteiger partial charge in [0, 0.05) is 32.0 Å². The number of hydrogen-bond acceptors (Lipinski definition) is 3. The summed E-state index contributed by atoms with van der Waals surface area (Å²) >= 11 is 0. The molecular weight excluding hydrogens is 320 g/mol. The standard InChI is InChI=1S/C19H24N2O4/c22-17(21-11-15-4-1-2-5-16(15)12-21)6-3-9-20-18(23)13-7-8-14(10-13)19(24)25/h1-2,4-5,13-14H,3,6-12H2,(H,20,23)(H,24,25)/t13-,14+/m0/s1. The Balaban J connectivity index is 1.34. The number of hydrogen-bond donors (Lipinski definition) is 2. The molecule has 2 aliphatic rings. The number of benzene rings is 1. The second kappa shape index (κ2) is 7.68. The number of aliphatic carboxylic acids is 1. The van der Waals surface area contributed by atoms with E-state index in [0.717, 1.165) is 0 Å². The Morgan fingerprint density at radius 1 is 1.08 bits per heavy atom. The van der Waals surface area contributed by atoms with E-state index >= 15 is 0 Å². The van der Waals surface area contributed by atoms with Gasteiger partial charge in [-0.25, -0.2) is 0 Å². The molecule has 1 fully saturated rings. The lowest BCUT2D eigenvalue weighted by Gasteiger charge is -2.16. The molecule has 1 aliphatic heterocycles. The summed E-state index contributed by atoms with van der Waals surface area (Å²) in [4.78, 5) is 37.1. The fraction of sp³-hybridized carbons (Fsp3) is 0.526. The minimum absolute atomic E-state index is 0.0789. The second-order valence-electron chi connectivity index (χ2n) is 6.96. The highest BCUT2D eigenvalue weighted by Crippen LogP contribution is 2.31. The van der Waals surface area contributed by atoms with Crippen LogP contribution in [-0.4, -0.2) is 34.3 Å². The molecule has 1 saturated carbocycles. The first kappa shape index (κ1) is 17.5. The smallest absolute Gasteiger partial charge is 0.306 e. The summed E-state index contributed by atoms with van der Waals surface area (Å²) in [6, 6.07) is 8.07. The van der Waals surface area contributed by atoms with Gasteiger partial charge in [0.1, 0.15) is 0 Å². The van der Waals surface area contributed by atoms with Crippen molar-refractivity contribution in [3.8, 4) is 0 Å². The minimum Gasteiger partial charge on any atom is -0.481 e. The van der Waals surface area contributed by atoms with Gasteiger partial charge in [-0.05, 0) is 36.8 Å². The van der Waals surface area contributed by atoms with Gasteiger partial charge in [-0.15, -0.1) is 0 Å². The molecule has 25 heavy (non-hydrogen) atoms. The first-order valence-corrected chi connectivity index (χ1v) is 8.89. The van der Waals surface area contributed by atoms with Crippen molar-refractivity contribution in [3.05, 3.63) is 35.4 Å². The Morgan fingerprint density at radius 3 is 2.32 bits per heavy atom. The Hall–Kier alpha value is -2.37. The van der Waals surface area contributed by atoms with Gasteiger partial charge in [0.05, 0.1) is 5.92 Å². The van der Waals surface area contributed by atoms with Crippen molar-refractivity contribution >= 4 is 17.8 Å². The van der Waals surface area contributed by atoms with Crippen molar-refractivity contribution in [2.45, 2.75) is 45.2 Å². The zero-order valence-electron chi connectivity index (χ0n) is 14.2. The molecule has 134 valence electrons. The summed E-state index contributed by atoms with van der Waals surface area (Å²) in [6.07, 6.45) is 2.64. The number of nitrogens with zero attached hydrogens (tertiary/aromatic N) is 1. The maximum atomic E-state index is 12.3. The van der Waals surface area contributed by atoms with Gasteiger partial charge in [-0.2, -0.15) is 0 Å². The summed E-state index contributed by atoms with van der Waals surface area (Å²) in [5.74, 6) is -1.38. The van der Waals surface area contributed by atoms with Crippen molar-refractivity contribution in [1.29, 1.82) is 0 Å². The number of nitrogens with one attached hydrogen (secondary N) is 1. The van der Waals surface area contributed by atoms with Gasteiger partial charge in [-0.1, -0.05) is 24.3 Å². The normalized spacial score (nSPS) is 21.8. The van der Waals surface area contributed by atoms with E-state index in [1.807, 2.05) is 17.0 Å². The third kappa shape index (κ3) is 4.18. The molecule has 6 heteroatoms. The zero-order valence-corrected chi connectivity index (χ0v) is 14.2. The van der Waals surface area contributed by atoms with E-state index < -0.39 is 11.9 Å². The van der Waals surface area contributed by atoms with Crippen molar-refractivity contribution in [3.63, 3.8) is 0 Å². The average molecular weight is 344 g/mol. The van der Waals surface area contributed by atoms with E-state index in [2.05, 4.69) is 17.4 Å². The SMILES string of the molecule is O=C(O)[C@@H]1CC[C@H](C(=O)NCCCC(=O)N2Cc3ccccc3C2)C1. The third-order valence-electron chi connectivity index (χ3n) is 5.21. The molecule has 2 atom stereocenters. The first-order chi connectivity index (χ1) is 12.0. The average Bonchev–Trinajstić information content (AvgIpc) is 3.24. The van der Waals surface area contributed by atoms with Crippen LogP contribution in [0.3, 0.4) is 0 Å². The molecule has 3 rings (SSSR count). The molecule has 0 spiro atoms. The first-order valence-electron chi connectivity index (χ1n) is 8.89. The summed E-state index contributed by atoms with van der Waals surface area (Å²) < 4.78 is 0. The van der Waals surface area contributed by atoms with Crippen LogP contribution in [0.1, 0.15) is 43.2 Å². The highest BCUT2D eigenvalue weighted by Gasteiger charge is 2.33. The molecule has 0 bridgehead atoms. The molecule has 1 aromatic rings. The number of carboxylic acids is 1. The molecule has 0 radical (unpaired) electrons. The predicted molar refractivity (Wildman–Crippen MR) is 91.4 cm³/mol. The van der Waals surface area contributed by atoms with Crippen molar-refractivity contribution in [2.75, 3.05) is 6.54 Å². The van der Waals surface area contributed by atoms with Crippen LogP contribution in [0.25, 0.3) is 0 Å². The fourth-order valence-corrected chi connectivity index (χ4v) is 3.71. The molecule has 1 heterocycles. The quantitative estimate of drug-likeness (QED) is 0.772. The highest BCUT2D eigenvalue weighted by molar-refractivity contribution is 5.81. The van der Waals surface area contributed by atoms with Crippen LogP contribution < -0.4 is 5.32 Å². The van der Waals surface area contributed by atoms with Gasteiger partial charge in [-0.3, -0.25) is 14.4 Å². The van der Waals surface area contributed by atoms with Gasteiger partial charge in [0.15, 0.2) is 0 Å². The number of fused-ring (bicyclic) bond motifs is 1. The Labute approximate surface area is 147 Å². The topological polar surface area (TPSA) is 86.7 Å². The van der Waals surface area contributed by atoms with Crippen LogP contribution in [0.2, 0.25) is 0 Å². The Bertz CT molecular complexity index is 648. The molecule has 0 unspecified atom stereocenters. The Morgan fingerprint density at radius 2 is 1.72 bits per heavy atom. The maximum absolute atomic E-state index is 12.3. The molecule has 1 aromatic carbocycles. The Kier molecular flexibility index (Phi) is 5.36. The van der Waals surface area contributed by atoms with Crippen molar-refractivity contribution in [2.24, 2.45) is 11.8 Å². The van der Waals surface area contributed by atoms with E-state index in [0.29, 0.717) is 51.7 Å². The third-order valence-corrected chi connectivity index (χ3v) is 5.21. The van der Waals surface area contributed by atoms with E-state index in [9.17, 15) is 14.4 Å². The lowest BCUT2D eigenvalue weighted by molar-refractivity contribution is -0.141. The van der Waals surface area contributed by atoms with Gasteiger partial charge in [0.25, 0.3) is 0 Å². The van der Waals surface area contributed by atoms with Gasteiger partial charge in [0.2, 0.25) is 11.8 Å². The van der Waals surface area contributed by atoms with E-state index in [4.69, 9.17) is 5.11 Å². The van der Waals surface area contributed by atoms with Crippen LogP contribution in [0.4, 0.5) is 0 Å². The van der Waals surface area contributed by atoms with E-state index in [1.54, 1.807) is 0 Å². The summed E-state index contributed by atoms with van der Waals surface area (Å²) in [6.45, 7) is 1.79. The number of carboxylic acid groups (broad SMARTS) is 1. The van der Waals surface area contributed by atoms with Gasteiger partial charge < -0.3 is 15.3 Å². The summed E-state index contributed by atoms with van der Waals surface area (Å²) in [5.41, 5.74) is 2.41. The molecule has 6 nitrogen and oxygen atoms in total. The van der Waals surface area contributed by atoms with Crippen LogP contribution in [0, 0.1) is 11.8 Å². The van der Waals surface area contributed by atoms with E-state index in [-0.39, 0.29) is 17.7 Å². The van der Waals surface area contributed by atoms with Crippen LogP contribution in [0.5, 0.6) is 0 Å². The zero-order chi connectivity index (χ0) is 17.8. The van der Waals surface area contributed by atoms with Crippen LogP contribution >= 0.6 is 0 Å². The number of carbonyl (C=O) groups excluding carboxylic acids is 2. The lowest BCUT2D eigenvalue weighted by atomic mass is 10.0. The second-order valence-corrected chi connectivity index (χ2v) is 6.96. The predicted octanol–water partition coefficient (Wildman–Crippen LogP) is 1.93. The fourth-order valence-electron chi connectivity index (χ4n) is 3.71. The van der Waals surface area contributed by atoms with Gasteiger partial charge >= 0.3 is 5.97 Å². The molecule has 1 aliphatic carbocycles. The van der Waals surface area contributed by atoms with Crippen LogP contribution in [0.15, 0.2) is 24.3 Å². The number of carbonyl (C=O) groups is 3. The monoisotopic (exact) mass is 344 g/mol. The summed E-state index contributed by atoms with van der Waals surface area (Å²) in [5, 5.41) is 11.8. The highest BCUT2D eigenvalue weighted by atomic mass is 16.4. The van der Waals surface area contributed by atoms with Crippen LogP contribution in [-0.2, 0) is 27.5 Å². The minimum atomic E-state index is -0.812. The number of amides is 2. The summed E-state index contributed by atoms with van der Waals surface area (Å²) in [7, 11) is 0. The van der Waals surface area contributed by atoms with Crippen molar-refractivity contribution in [1.82, 2.24) is 10.2 Å². The molecular formula is C19H24N2O4. The molecule has 2 N–H and O–H groups in total. The largest absolute Gasteiger partial charge is 0.481 e. The lowest BCUT2D eigenvalue weighted by Crippen LogP contribution is -2.32. The van der Waals surface area contributed by atoms with E-state index in [1.165, 1.54) is 11.1 Å². The number of rotatable bonds is 6. The molecule has 0 aromatic heterocycles. The molecule has 2 amide bonds. The maximum Gasteiger partial charge on any atom is 0.306 e. The van der Waals surface area contributed by atoms with Crippen molar-refractivity contribution < 1.29 is 19.5 Å². The molecule has 0 saturated heterocycles.